The molecule has 0 fully saturated rings. The van der Waals surface area contributed by atoms with E-state index in [0.29, 0.717) is 5.57 Å². The van der Waals surface area contributed by atoms with Gasteiger partial charge in [0.2, 0.25) is 0 Å². The van der Waals surface area contributed by atoms with Gasteiger partial charge in [0.25, 0.3) is 0 Å². The van der Waals surface area contributed by atoms with Crippen molar-refractivity contribution in [3.63, 3.8) is 0 Å². The summed E-state index contributed by atoms with van der Waals surface area (Å²) in [6.45, 7) is 0. The number of pyridine rings is 1. The van der Waals surface area contributed by atoms with Crippen LogP contribution in [-0.4, -0.2) is 4.98 Å². The lowest BCUT2D eigenvalue weighted by atomic mass is 9.97. The van der Waals surface area contributed by atoms with E-state index in [1.54, 1.807) is 12.4 Å². The molecule has 0 aliphatic heterocycles. The molecule has 0 radical (unpaired) electrons. The van der Waals surface area contributed by atoms with Gasteiger partial charge in [-0.25, -0.2) is 0 Å². The van der Waals surface area contributed by atoms with Crippen molar-refractivity contribution in [3.8, 4) is 6.07 Å². The van der Waals surface area contributed by atoms with Gasteiger partial charge in [-0.3, -0.25) is 4.98 Å². The Morgan fingerprint density at radius 3 is 2.50 bits per heavy atom. The molecule has 0 saturated carbocycles. The van der Waals surface area contributed by atoms with Crippen LogP contribution < -0.4 is 0 Å². The fourth-order valence-corrected chi connectivity index (χ4v) is 2.26. The van der Waals surface area contributed by atoms with Crippen LogP contribution in [-0.2, 0) is 0 Å². The van der Waals surface area contributed by atoms with E-state index in [0.717, 1.165) is 21.9 Å². The van der Waals surface area contributed by atoms with Crippen molar-refractivity contribution in [2.24, 2.45) is 0 Å². The van der Waals surface area contributed by atoms with Gasteiger partial charge in [0.05, 0.1) is 11.6 Å². The van der Waals surface area contributed by atoms with E-state index in [1.165, 1.54) is 0 Å². The third-order valence-corrected chi connectivity index (χ3v) is 3.22. The molecule has 0 atom stereocenters. The molecule has 20 heavy (non-hydrogen) atoms. The Morgan fingerprint density at radius 2 is 1.70 bits per heavy atom. The van der Waals surface area contributed by atoms with Crippen molar-refractivity contribution in [2.75, 3.05) is 0 Å². The Bertz CT molecular complexity index is 806. The van der Waals surface area contributed by atoms with Gasteiger partial charge in [0.15, 0.2) is 0 Å². The highest BCUT2D eigenvalue weighted by molar-refractivity contribution is 6.01. The standard InChI is InChI=1S/C18H12N2/c19-13-16(12-14-8-10-20-11-9-14)18-7-3-5-15-4-1-2-6-17(15)18/h1-12H/b16-12-. The first-order chi connectivity index (χ1) is 9.88. The Kier molecular flexibility index (Phi) is 3.26. The maximum Gasteiger partial charge on any atom is 0.0998 e. The summed E-state index contributed by atoms with van der Waals surface area (Å²) in [5.74, 6) is 0. The zero-order valence-electron chi connectivity index (χ0n) is 10.8. The summed E-state index contributed by atoms with van der Waals surface area (Å²) in [6, 6.07) is 20.2. The second kappa shape index (κ2) is 5.38. The molecule has 1 heterocycles. The molecule has 3 aromatic rings. The van der Waals surface area contributed by atoms with E-state index in [9.17, 15) is 5.26 Å². The molecule has 0 saturated heterocycles. The summed E-state index contributed by atoms with van der Waals surface area (Å²) >= 11 is 0. The lowest BCUT2D eigenvalue weighted by molar-refractivity contribution is 1.32. The molecule has 2 aromatic carbocycles. The minimum Gasteiger partial charge on any atom is -0.265 e. The predicted molar refractivity (Wildman–Crippen MR) is 81.7 cm³/mol. The van der Waals surface area contributed by atoms with Crippen molar-refractivity contribution >= 4 is 22.4 Å². The van der Waals surface area contributed by atoms with Crippen molar-refractivity contribution < 1.29 is 0 Å². The number of allylic oxidation sites excluding steroid dienone is 1. The average Bonchev–Trinajstić information content (AvgIpc) is 2.53. The second-order valence-corrected chi connectivity index (χ2v) is 4.48. The highest BCUT2D eigenvalue weighted by Gasteiger charge is 2.05. The number of nitrogens with zero attached hydrogens (tertiary/aromatic N) is 2. The highest BCUT2D eigenvalue weighted by Crippen LogP contribution is 2.26. The number of benzene rings is 2. The van der Waals surface area contributed by atoms with E-state index in [4.69, 9.17) is 0 Å². The van der Waals surface area contributed by atoms with Crippen LogP contribution in [0.3, 0.4) is 0 Å². The molecule has 0 N–H and O–H groups in total. The lowest BCUT2D eigenvalue weighted by Gasteiger charge is -2.05. The first kappa shape index (κ1) is 12.1. The number of fused-ring (bicyclic) bond motifs is 1. The van der Waals surface area contributed by atoms with Crippen LogP contribution >= 0.6 is 0 Å². The average molecular weight is 256 g/mol. The van der Waals surface area contributed by atoms with Gasteiger partial charge in [-0.1, -0.05) is 42.5 Å². The third-order valence-electron chi connectivity index (χ3n) is 3.22. The highest BCUT2D eigenvalue weighted by atomic mass is 14.6. The zero-order chi connectivity index (χ0) is 13.8. The molecule has 0 aliphatic carbocycles. The Labute approximate surface area is 117 Å². The SMILES string of the molecule is N#C/C(=C/c1ccncc1)c1cccc2ccccc12. The molecule has 0 spiro atoms. The predicted octanol–water partition coefficient (Wildman–Crippen LogP) is 4.30. The molecule has 94 valence electrons. The first-order valence-corrected chi connectivity index (χ1v) is 6.38. The van der Waals surface area contributed by atoms with Gasteiger partial charge in [-0.05, 0) is 34.5 Å². The molecule has 3 rings (SSSR count). The molecule has 0 aliphatic rings. The number of hydrogen-bond donors (Lipinski definition) is 0. The maximum absolute atomic E-state index is 9.47. The largest absolute Gasteiger partial charge is 0.265 e. The summed E-state index contributed by atoms with van der Waals surface area (Å²) in [4.78, 5) is 3.99. The van der Waals surface area contributed by atoms with Gasteiger partial charge in [-0.2, -0.15) is 5.26 Å². The molecule has 2 heteroatoms. The summed E-state index contributed by atoms with van der Waals surface area (Å²) in [6.07, 6.45) is 5.34. The minimum atomic E-state index is 0.660. The van der Waals surface area contributed by atoms with Crippen LogP contribution in [0.25, 0.3) is 22.4 Å². The molecule has 1 aromatic heterocycles. The molecular formula is C18H12N2. The fourth-order valence-electron chi connectivity index (χ4n) is 2.26. The third kappa shape index (κ3) is 2.30. The van der Waals surface area contributed by atoms with E-state index in [1.807, 2.05) is 48.5 Å². The maximum atomic E-state index is 9.47. The van der Waals surface area contributed by atoms with E-state index < -0.39 is 0 Å². The number of rotatable bonds is 2. The number of aromatic nitrogens is 1. The van der Waals surface area contributed by atoms with Crippen molar-refractivity contribution in [1.82, 2.24) is 4.98 Å². The summed E-state index contributed by atoms with van der Waals surface area (Å²) in [5.41, 5.74) is 2.60. The van der Waals surface area contributed by atoms with Gasteiger partial charge in [-0.15, -0.1) is 0 Å². The van der Waals surface area contributed by atoms with Crippen molar-refractivity contribution in [2.45, 2.75) is 0 Å². The van der Waals surface area contributed by atoms with E-state index in [2.05, 4.69) is 23.2 Å². The monoisotopic (exact) mass is 256 g/mol. The van der Waals surface area contributed by atoms with Crippen LogP contribution in [0.15, 0.2) is 67.0 Å². The quantitative estimate of drug-likeness (QED) is 0.641. The number of hydrogen-bond acceptors (Lipinski definition) is 2. The fraction of sp³-hybridized carbons (Fsp3) is 0. The van der Waals surface area contributed by atoms with Crippen LogP contribution in [0.1, 0.15) is 11.1 Å². The summed E-state index contributed by atoms with van der Waals surface area (Å²) < 4.78 is 0. The first-order valence-electron chi connectivity index (χ1n) is 6.38. The molecular weight excluding hydrogens is 244 g/mol. The zero-order valence-corrected chi connectivity index (χ0v) is 10.8. The molecule has 0 amide bonds. The van der Waals surface area contributed by atoms with E-state index >= 15 is 0 Å². The van der Waals surface area contributed by atoms with Gasteiger partial charge >= 0.3 is 0 Å². The van der Waals surface area contributed by atoms with Gasteiger partial charge in [0.1, 0.15) is 0 Å². The molecule has 0 bridgehead atoms. The van der Waals surface area contributed by atoms with Crippen LogP contribution in [0, 0.1) is 11.3 Å². The van der Waals surface area contributed by atoms with Gasteiger partial charge in [0, 0.05) is 18.0 Å². The second-order valence-electron chi connectivity index (χ2n) is 4.48. The summed E-state index contributed by atoms with van der Waals surface area (Å²) in [5, 5.41) is 11.7. The van der Waals surface area contributed by atoms with Crippen LogP contribution in [0.2, 0.25) is 0 Å². The Balaban J connectivity index is 2.18. The lowest BCUT2D eigenvalue weighted by Crippen LogP contribution is -1.85. The van der Waals surface area contributed by atoms with Crippen molar-refractivity contribution in [3.05, 3.63) is 78.1 Å². The van der Waals surface area contributed by atoms with Gasteiger partial charge < -0.3 is 0 Å². The smallest absolute Gasteiger partial charge is 0.0998 e. The molecule has 0 unspecified atom stereocenters. The Hall–Kier alpha value is -2.92. The Morgan fingerprint density at radius 1 is 0.950 bits per heavy atom. The molecule has 2 nitrogen and oxygen atoms in total. The van der Waals surface area contributed by atoms with E-state index in [-0.39, 0.29) is 0 Å². The summed E-state index contributed by atoms with van der Waals surface area (Å²) in [7, 11) is 0. The normalized spacial score (nSPS) is 11.2. The van der Waals surface area contributed by atoms with Crippen LogP contribution in [0.4, 0.5) is 0 Å². The van der Waals surface area contributed by atoms with Crippen molar-refractivity contribution in [1.29, 1.82) is 5.26 Å². The topological polar surface area (TPSA) is 36.7 Å². The minimum absolute atomic E-state index is 0.660. The number of nitriles is 1. The van der Waals surface area contributed by atoms with Crippen LogP contribution in [0.5, 0.6) is 0 Å².